The van der Waals surface area contributed by atoms with Gasteiger partial charge in [0.1, 0.15) is 11.8 Å². The third-order valence-electron chi connectivity index (χ3n) is 3.43. The van der Waals surface area contributed by atoms with Gasteiger partial charge in [0, 0.05) is 24.9 Å². The van der Waals surface area contributed by atoms with E-state index >= 15 is 0 Å². The number of carbonyl (C=O) groups is 1. The van der Waals surface area contributed by atoms with Crippen LogP contribution in [0.25, 0.3) is 0 Å². The summed E-state index contributed by atoms with van der Waals surface area (Å²) in [6, 6.07) is 2.57. The Morgan fingerprint density at radius 3 is 2.67 bits per heavy atom. The molecule has 0 radical (unpaired) electrons. The second kappa shape index (κ2) is 6.94. The summed E-state index contributed by atoms with van der Waals surface area (Å²) in [5.41, 5.74) is 3.05. The van der Waals surface area contributed by atoms with Crippen molar-refractivity contribution in [3.8, 4) is 0 Å². The highest BCUT2D eigenvalue weighted by molar-refractivity contribution is 6.30. The highest BCUT2D eigenvalue weighted by Gasteiger charge is 2.32. The lowest BCUT2D eigenvalue weighted by Gasteiger charge is -2.24. The summed E-state index contributed by atoms with van der Waals surface area (Å²) >= 11 is 5.94. The van der Waals surface area contributed by atoms with Crippen molar-refractivity contribution in [2.24, 2.45) is 0 Å². The molecule has 1 aromatic rings. The van der Waals surface area contributed by atoms with Crippen molar-refractivity contribution in [1.29, 1.82) is 0 Å². The molecule has 114 valence electrons. The Bertz CT molecular complexity index is 553. The second-order valence-electron chi connectivity index (χ2n) is 5.05. The van der Waals surface area contributed by atoms with E-state index in [-0.39, 0.29) is 5.97 Å². The van der Waals surface area contributed by atoms with Gasteiger partial charge in [0.15, 0.2) is 0 Å². The molecule has 0 amide bonds. The van der Waals surface area contributed by atoms with Crippen molar-refractivity contribution in [3.63, 3.8) is 0 Å². The first kappa shape index (κ1) is 15.8. The van der Waals surface area contributed by atoms with Gasteiger partial charge in [0.2, 0.25) is 0 Å². The van der Waals surface area contributed by atoms with Gasteiger partial charge in [0.05, 0.1) is 5.70 Å². The Morgan fingerprint density at radius 1 is 1.43 bits per heavy atom. The minimum Gasteiger partial charge on any atom is -0.456 e. The number of hydrogen-bond donors (Lipinski definition) is 0. The smallest absolute Gasteiger partial charge is 0.333 e. The van der Waals surface area contributed by atoms with E-state index in [1.165, 1.54) is 12.8 Å². The third kappa shape index (κ3) is 3.97. The van der Waals surface area contributed by atoms with Gasteiger partial charge in [-0.05, 0) is 37.0 Å². The number of carbonyl (C=O) groups excluding carboxylic acids is 1. The van der Waals surface area contributed by atoms with Gasteiger partial charge in [-0.15, -0.1) is 0 Å². The SMILES string of the molecule is CC.Cc1cc(CN(C2=CC(=O)OC2)C2CC2)cnc1Cl. The molecule has 21 heavy (non-hydrogen) atoms. The first-order valence-electron chi connectivity index (χ1n) is 7.38. The van der Waals surface area contributed by atoms with Gasteiger partial charge < -0.3 is 9.64 Å². The highest BCUT2D eigenvalue weighted by Crippen LogP contribution is 2.33. The van der Waals surface area contributed by atoms with Crippen LogP contribution in [0.15, 0.2) is 24.0 Å². The number of ether oxygens (including phenoxy) is 1. The minimum atomic E-state index is -0.244. The molecular formula is C16H21ClN2O2. The Hall–Kier alpha value is -1.55. The lowest BCUT2D eigenvalue weighted by atomic mass is 10.2. The Balaban J connectivity index is 0.000000774. The molecule has 1 fully saturated rings. The summed E-state index contributed by atoms with van der Waals surface area (Å²) in [6.45, 7) is 7.08. The topological polar surface area (TPSA) is 42.4 Å². The van der Waals surface area contributed by atoms with Crippen LogP contribution in [0.2, 0.25) is 5.15 Å². The minimum absolute atomic E-state index is 0.244. The molecule has 0 bridgehead atoms. The third-order valence-corrected chi connectivity index (χ3v) is 3.82. The van der Waals surface area contributed by atoms with Gasteiger partial charge in [-0.25, -0.2) is 9.78 Å². The summed E-state index contributed by atoms with van der Waals surface area (Å²) in [6.07, 6.45) is 5.73. The average molecular weight is 309 g/mol. The first-order chi connectivity index (χ1) is 10.1. The average Bonchev–Trinajstić information content (AvgIpc) is 3.24. The fourth-order valence-corrected chi connectivity index (χ4v) is 2.38. The van der Waals surface area contributed by atoms with Crippen LogP contribution in [-0.2, 0) is 16.1 Å². The Morgan fingerprint density at radius 2 is 2.14 bits per heavy atom. The molecule has 0 N–H and O–H groups in total. The van der Waals surface area contributed by atoms with Crippen LogP contribution in [0.5, 0.6) is 0 Å². The largest absolute Gasteiger partial charge is 0.456 e. The fraction of sp³-hybridized carbons (Fsp3) is 0.500. The summed E-state index contributed by atoms with van der Waals surface area (Å²) in [4.78, 5) is 17.6. The van der Waals surface area contributed by atoms with Gasteiger partial charge in [-0.1, -0.05) is 25.4 Å². The lowest BCUT2D eigenvalue weighted by Crippen LogP contribution is -2.25. The summed E-state index contributed by atoms with van der Waals surface area (Å²) in [5.74, 6) is -0.244. The van der Waals surface area contributed by atoms with E-state index in [1.807, 2.05) is 26.8 Å². The molecule has 3 rings (SSSR count). The molecule has 5 heteroatoms. The van der Waals surface area contributed by atoms with E-state index < -0.39 is 0 Å². The standard InChI is InChI=1S/C14H15ClN2O2.C2H6/c1-9-4-10(6-16-14(9)15)7-17(11-2-3-11)12-5-13(18)19-8-12;1-2/h4-6,11H,2-3,7-8H2,1H3;1-2H3. The molecule has 1 aliphatic heterocycles. The van der Waals surface area contributed by atoms with E-state index in [0.717, 1.165) is 23.4 Å². The normalized spacial score (nSPS) is 16.8. The predicted octanol–water partition coefficient (Wildman–Crippen LogP) is 3.47. The molecule has 0 unspecified atom stereocenters. The maximum Gasteiger partial charge on any atom is 0.333 e. The number of aromatic nitrogens is 1. The van der Waals surface area contributed by atoms with Crippen LogP contribution in [0.3, 0.4) is 0 Å². The van der Waals surface area contributed by atoms with Gasteiger partial charge in [-0.3, -0.25) is 0 Å². The molecule has 4 nitrogen and oxygen atoms in total. The number of cyclic esters (lactones) is 1. The van der Waals surface area contributed by atoms with Gasteiger partial charge in [-0.2, -0.15) is 0 Å². The molecule has 0 saturated heterocycles. The van der Waals surface area contributed by atoms with E-state index in [2.05, 4.69) is 9.88 Å². The monoisotopic (exact) mass is 308 g/mol. The zero-order valence-corrected chi connectivity index (χ0v) is 13.5. The van der Waals surface area contributed by atoms with Crippen LogP contribution < -0.4 is 0 Å². The number of pyridine rings is 1. The highest BCUT2D eigenvalue weighted by atomic mass is 35.5. The van der Waals surface area contributed by atoms with Crippen molar-refractivity contribution in [1.82, 2.24) is 9.88 Å². The maximum atomic E-state index is 11.2. The number of esters is 1. The Kier molecular flexibility index (Phi) is 5.23. The molecule has 0 atom stereocenters. The van der Waals surface area contributed by atoms with Gasteiger partial charge >= 0.3 is 5.97 Å². The van der Waals surface area contributed by atoms with E-state index in [1.54, 1.807) is 12.3 Å². The molecular weight excluding hydrogens is 288 g/mol. The summed E-state index contributed by atoms with van der Waals surface area (Å²) in [5, 5.41) is 0.542. The van der Waals surface area contributed by atoms with E-state index in [4.69, 9.17) is 16.3 Å². The molecule has 2 heterocycles. The zero-order valence-electron chi connectivity index (χ0n) is 12.7. The van der Waals surface area contributed by atoms with Crippen molar-refractivity contribution in [2.45, 2.75) is 46.2 Å². The fourth-order valence-electron chi connectivity index (χ4n) is 2.28. The van der Waals surface area contributed by atoms with Gasteiger partial charge in [0.25, 0.3) is 0 Å². The van der Waals surface area contributed by atoms with Crippen LogP contribution in [0.4, 0.5) is 0 Å². The summed E-state index contributed by atoms with van der Waals surface area (Å²) in [7, 11) is 0. The lowest BCUT2D eigenvalue weighted by molar-refractivity contribution is -0.135. The number of halogens is 1. The van der Waals surface area contributed by atoms with Crippen LogP contribution >= 0.6 is 11.6 Å². The van der Waals surface area contributed by atoms with Crippen molar-refractivity contribution in [3.05, 3.63) is 40.3 Å². The van der Waals surface area contributed by atoms with Crippen molar-refractivity contribution < 1.29 is 9.53 Å². The Labute approximate surface area is 130 Å². The molecule has 2 aliphatic rings. The quantitative estimate of drug-likeness (QED) is 0.631. The molecule has 1 aliphatic carbocycles. The van der Waals surface area contributed by atoms with E-state index in [0.29, 0.717) is 17.8 Å². The van der Waals surface area contributed by atoms with Crippen molar-refractivity contribution in [2.75, 3.05) is 6.61 Å². The number of rotatable bonds is 4. The number of aryl methyl sites for hydroxylation is 1. The number of hydrogen-bond acceptors (Lipinski definition) is 4. The van der Waals surface area contributed by atoms with E-state index in [9.17, 15) is 4.79 Å². The number of nitrogens with zero attached hydrogens (tertiary/aromatic N) is 2. The first-order valence-corrected chi connectivity index (χ1v) is 7.76. The molecule has 1 saturated carbocycles. The van der Waals surface area contributed by atoms with Crippen LogP contribution in [0, 0.1) is 6.92 Å². The molecule has 0 spiro atoms. The van der Waals surface area contributed by atoms with Crippen molar-refractivity contribution >= 4 is 17.6 Å². The zero-order chi connectivity index (χ0) is 15.4. The van der Waals surface area contributed by atoms with Crippen LogP contribution in [0.1, 0.15) is 37.8 Å². The predicted molar refractivity (Wildman–Crippen MR) is 82.9 cm³/mol. The molecule has 0 aromatic carbocycles. The van der Waals surface area contributed by atoms with Crippen LogP contribution in [-0.4, -0.2) is 28.5 Å². The summed E-state index contributed by atoms with van der Waals surface area (Å²) < 4.78 is 4.99. The second-order valence-corrected chi connectivity index (χ2v) is 5.41. The maximum absolute atomic E-state index is 11.2. The molecule has 1 aromatic heterocycles.